The summed E-state index contributed by atoms with van der Waals surface area (Å²) in [5.41, 5.74) is 8.17. The quantitative estimate of drug-likeness (QED) is 0.120. The van der Waals surface area contributed by atoms with E-state index in [-0.39, 0.29) is 6.86 Å². The van der Waals surface area contributed by atoms with Crippen LogP contribution in [-0.4, -0.2) is 21.1 Å². The Hall–Kier alpha value is -3.88. The van der Waals surface area contributed by atoms with Crippen LogP contribution in [0.5, 0.6) is 0 Å². The molecule has 0 atom stereocenters. The first kappa shape index (κ1) is 25.4. The van der Waals surface area contributed by atoms with Crippen LogP contribution in [0.25, 0.3) is 0 Å². The first-order valence-electron chi connectivity index (χ1n) is 13.5. The van der Waals surface area contributed by atoms with E-state index in [2.05, 4.69) is 182 Å². The molecule has 0 aromatic heterocycles. The molecule has 2 radical (unpaired) electrons. The van der Waals surface area contributed by atoms with E-state index in [1.807, 2.05) is 0 Å². The predicted molar refractivity (Wildman–Crippen MR) is 164 cm³/mol. The third kappa shape index (κ3) is 4.75. The Bertz CT molecular complexity index is 1260. The zero-order valence-electron chi connectivity index (χ0n) is 21.8. The molecule has 6 aromatic rings. The van der Waals surface area contributed by atoms with Crippen LogP contribution in [0.1, 0.15) is 33.4 Å². The normalized spacial score (nSPS) is 11.7. The van der Waals surface area contributed by atoms with E-state index in [4.69, 9.17) is 0 Å². The van der Waals surface area contributed by atoms with Gasteiger partial charge in [0.1, 0.15) is 0 Å². The predicted octanol–water partition coefficient (Wildman–Crippen LogP) is 8.67. The molecule has 0 saturated carbocycles. The summed E-state index contributed by atoms with van der Waals surface area (Å²) in [5, 5.41) is 0. The van der Waals surface area contributed by atoms with Crippen LogP contribution in [0, 0.1) is 0 Å². The van der Waals surface area contributed by atoms with Gasteiger partial charge in [-0.1, -0.05) is 0 Å². The molecule has 186 valence electrons. The second kappa shape index (κ2) is 11.5. The number of hydrogen-bond acceptors (Lipinski definition) is 0. The van der Waals surface area contributed by atoms with Gasteiger partial charge in [-0.3, -0.25) is 0 Å². The molecular formula is C38H30Sn. The van der Waals surface area contributed by atoms with Crippen molar-refractivity contribution in [3.8, 4) is 0 Å². The van der Waals surface area contributed by atoms with E-state index >= 15 is 0 Å². The number of benzene rings is 6. The summed E-state index contributed by atoms with van der Waals surface area (Å²) in [6, 6.07) is 67.3. The molecule has 0 heterocycles. The molecule has 0 spiro atoms. The molecule has 0 aliphatic heterocycles. The molecule has 0 aliphatic carbocycles. The van der Waals surface area contributed by atoms with Crippen LogP contribution in [0.2, 0.25) is 0 Å². The van der Waals surface area contributed by atoms with E-state index in [0.717, 1.165) is 0 Å². The first-order chi connectivity index (χ1) is 19.3. The molecule has 0 unspecified atom stereocenters. The Kier molecular flexibility index (Phi) is 7.47. The second-order valence-electron chi connectivity index (χ2n) is 9.82. The Morgan fingerprint density at radius 2 is 0.385 bits per heavy atom. The van der Waals surface area contributed by atoms with Crippen LogP contribution in [0.4, 0.5) is 0 Å². The fourth-order valence-electron chi connectivity index (χ4n) is 5.84. The van der Waals surface area contributed by atoms with Gasteiger partial charge < -0.3 is 0 Å². The third-order valence-corrected chi connectivity index (χ3v) is 14.7. The minimum absolute atomic E-state index is 0.255. The molecule has 39 heavy (non-hydrogen) atoms. The second-order valence-corrected chi connectivity index (χ2v) is 14.8. The average molecular weight is 605 g/mol. The van der Waals surface area contributed by atoms with Crippen molar-refractivity contribution in [3.05, 3.63) is 215 Å². The standard InChI is InChI=1S/2C19H15.Sn/c2*1-4-10-16(11-5-1)19(17-12-6-2-7-13-17)18-14-8-3-9-15-18;/h2*1-15H;. The molecule has 0 nitrogen and oxygen atoms in total. The Balaban J connectivity index is 1.76. The van der Waals surface area contributed by atoms with Gasteiger partial charge in [-0.2, -0.15) is 0 Å². The average Bonchev–Trinajstić information content (AvgIpc) is 3.04. The van der Waals surface area contributed by atoms with Crippen molar-refractivity contribution in [3.63, 3.8) is 0 Å². The van der Waals surface area contributed by atoms with Crippen molar-refractivity contribution in [1.29, 1.82) is 0 Å². The van der Waals surface area contributed by atoms with E-state index in [0.29, 0.717) is 0 Å². The van der Waals surface area contributed by atoms with Gasteiger partial charge >= 0.3 is 243 Å². The van der Waals surface area contributed by atoms with Gasteiger partial charge in [0.05, 0.1) is 0 Å². The van der Waals surface area contributed by atoms with Crippen molar-refractivity contribution >= 4 is 21.1 Å². The van der Waals surface area contributed by atoms with E-state index in [1.54, 1.807) is 0 Å². The van der Waals surface area contributed by atoms with Crippen molar-refractivity contribution in [2.75, 3.05) is 0 Å². The maximum atomic E-state index is 2.34. The molecule has 0 fully saturated rings. The zero-order chi connectivity index (χ0) is 26.4. The maximum absolute atomic E-state index is 2.34. The van der Waals surface area contributed by atoms with Gasteiger partial charge in [-0.25, -0.2) is 0 Å². The fourth-order valence-corrected chi connectivity index (χ4v) is 12.8. The van der Waals surface area contributed by atoms with E-state index in [9.17, 15) is 0 Å². The monoisotopic (exact) mass is 606 g/mol. The topological polar surface area (TPSA) is 0 Å². The van der Waals surface area contributed by atoms with Gasteiger partial charge in [-0.05, 0) is 0 Å². The zero-order valence-corrected chi connectivity index (χ0v) is 24.7. The molecule has 0 bridgehead atoms. The minimum atomic E-state index is -1.61. The van der Waals surface area contributed by atoms with Gasteiger partial charge in [-0.15, -0.1) is 0 Å². The SMILES string of the molecule is c1ccc([C]([Sn][C](c2ccccc2)(c2ccccc2)c2ccccc2)(c2ccccc2)c2ccccc2)cc1. The summed E-state index contributed by atoms with van der Waals surface area (Å²) >= 11 is -1.61. The van der Waals surface area contributed by atoms with Gasteiger partial charge in [0, 0.05) is 0 Å². The molecule has 6 aromatic carbocycles. The van der Waals surface area contributed by atoms with Crippen LogP contribution >= 0.6 is 0 Å². The van der Waals surface area contributed by atoms with Crippen LogP contribution < -0.4 is 0 Å². The van der Waals surface area contributed by atoms with Crippen molar-refractivity contribution in [1.82, 2.24) is 0 Å². The van der Waals surface area contributed by atoms with Crippen molar-refractivity contribution < 1.29 is 0 Å². The fraction of sp³-hybridized carbons (Fsp3) is 0.0526. The summed E-state index contributed by atoms with van der Waals surface area (Å²) in [4.78, 5) is 0. The van der Waals surface area contributed by atoms with Gasteiger partial charge in [0.2, 0.25) is 0 Å². The molecule has 0 amide bonds. The summed E-state index contributed by atoms with van der Waals surface area (Å²) in [7, 11) is 0. The van der Waals surface area contributed by atoms with Crippen molar-refractivity contribution in [2.45, 2.75) is 6.86 Å². The summed E-state index contributed by atoms with van der Waals surface area (Å²) in [6.07, 6.45) is 0. The van der Waals surface area contributed by atoms with Crippen LogP contribution in [-0.2, 0) is 6.86 Å². The Morgan fingerprint density at radius 1 is 0.231 bits per heavy atom. The van der Waals surface area contributed by atoms with Crippen LogP contribution in [0.3, 0.4) is 0 Å². The van der Waals surface area contributed by atoms with Crippen LogP contribution in [0.15, 0.2) is 182 Å². The first-order valence-corrected chi connectivity index (χ1v) is 16.3. The molecule has 0 saturated heterocycles. The van der Waals surface area contributed by atoms with Crippen molar-refractivity contribution in [2.24, 2.45) is 0 Å². The molecule has 6 rings (SSSR count). The molecular weight excluding hydrogens is 575 g/mol. The molecule has 0 aliphatic rings. The van der Waals surface area contributed by atoms with Gasteiger partial charge in [0.15, 0.2) is 0 Å². The molecule has 0 N–H and O–H groups in total. The number of rotatable bonds is 8. The summed E-state index contributed by atoms with van der Waals surface area (Å²) in [6.45, 7) is 0. The number of hydrogen-bond donors (Lipinski definition) is 0. The summed E-state index contributed by atoms with van der Waals surface area (Å²) in [5.74, 6) is 0. The molecule has 1 heteroatoms. The van der Waals surface area contributed by atoms with E-state index < -0.39 is 21.1 Å². The Morgan fingerprint density at radius 3 is 0.538 bits per heavy atom. The van der Waals surface area contributed by atoms with Gasteiger partial charge in [0.25, 0.3) is 0 Å². The van der Waals surface area contributed by atoms with E-state index in [1.165, 1.54) is 33.4 Å². The Labute approximate surface area is 242 Å². The summed E-state index contributed by atoms with van der Waals surface area (Å²) < 4.78 is -0.511. The third-order valence-electron chi connectivity index (χ3n) is 7.62.